The second-order valence-electron chi connectivity index (χ2n) is 9.11. The number of rotatable bonds is 4. The third-order valence-corrected chi connectivity index (χ3v) is 7.08. The van der Waals surface area contributed by atoms with Gasteiger partial charge in [0, 0.05) is 36.9 Å². The Morgan fingerprint density at radius 2 is 1.88 bits per heavy atom. The lowest BCUT2D eigenvalue weighted by Gasteiger charge is -2.37. The van der Waals surface area contributed by atoms with Crippen molar-refractivity contribution in [2.24, 2.45) is 11.8 Å². The van der Waals surface area contributed by atoms with Crippen molar-refractivity contribution >= 4 is 40.3 Å². The van der Waals surface area contributed by atoms with Crippen LogP contribution < -0.4 is 15.1 Å². The van der Waals surface area contributed by atoms with Gasteiger partial charge >= 0.3 is 0 Å². The maximum absolute atomic E-state index is 6.86. The van der Waals surface area contributed by atoms with E-state index in [-0.39, 0.29) is 12.1 Å². The monoisotopic (exact) mass is 465 g/mol. The second-order valence-corrected chi connectivity index (χ2v) is 9.90. The highest BCUT2D eigenvalue weighted by molar-refractivity contribution is 7.80. The number of hydrogen-bond donors (Lipinski definition) is 2. The van der Waals surface area contributed by atoms with E-state index >= 15 is 0 Å². The molecule has 0 radical (unpaired) electrons. The summed E-state index contributed by atoms with van der Waals surface area (Å²) >= 11 is 12.7. The fraction of sp³-hybridized carbons (Fsp3) is 0.360. The van der Waals surface area contributed by atoms with Crippen LogP contribution in [0.1, 0.15) is 43.7 Å². The molecular formula is C25H28ClN5S. The first kappa shape index (κ1) is 21.3. The van der Waals surface area contributed by atoms with Crippen LogP contribution in [0.25, 0.3) is 0 Å². The molecule has 2 N–H and O–H groups in total. The van der Waals surface area contributed by atoms with E-state index in [0.717, 1.165) is 40.9 Å². The largest absolute Gasteiger partial charge is 0.370 e. The highest BCUT2D eigenvalue weighted by Gasteiger charge is 2.41. The predicted molar refractivity (Wildman–Crippen MR) is 135 cm³/mol. The number of aromatic nitrogens is 2. The second kappa shape index (κ2) is 8.75. The number of nitrogens with zero attached hydrogens (tertiary/aromatic N) is 3. The van der Waals surface area contributed by atoms with Crippen molar-refractivity contribution in [3.05, 3.63) is 77.3 Å². The van der Waals surface area contributed by atoms with E-state index in [0.29, 0.717) is 16.9 Å². The van der Waals surface area contributed by atoms with Crippen molar-refractivity contribution in [1.82, 2.24) is 15.3 Å². The molecular weight excluding hydrogens is 438 g/mol. The van der Waals surface area contributed by atoms with Gasteiger partial charge in [-0.1, -0.05) is 31.5 Å². The van der Waals surface area contributed by atoms with Crippen molar-refractivity contribution < 1.29 is 0 Å². The third kappa shape index (κ3) is 3.97. The molecule has 166 valence electrons. The Labute approximate surface area is 199 Å². The van der Waals surface area contributed by atoms with E-state index < -0.39 is 0 Å². The lowest BCUT2D eigenvalue weighted by Crippen LogP contribution is -2.38. The molecule has 0 amide bonds. The number of H-pyrrole nitrogens is 1. The number of halogens is 1. The molecule has 0 aliphatic carbocycles. The molecule has 0 bridgehead atoms. The first-order valence-electron chi connectivity index (χ1n) is 11.2. The number of anilines is 2. The number of pyridine rings is 1. The van der Waals surface area contributed by atoms with Gasteiger partial charge in [-0.05, 0) is 72.9 Å². The molecule has 4 atom stereocenters. The molecule has 2 aliphatic heterocycles. The maximum Gasteiger partial charge on any atom is 0.174 e. The number of nitrogens with one attached hydrogen (secondary N) is 2. The Kier molecular flexibility index (Phi) is 5.82. The predicted octanol–water partition coefficient (Wildman–Crippen LogP) is 5.72. The van der Waals surface area contributed by atoms with Gasteiger partial charge < -0.3 is 20.1 Å². The van der Waals surface area contributed by atoms with Gasteiger partial charge in [-0.15, -0.1) is 0 Å². The van der Waals surface area contributed by atoms with Crippen molar-refractivity contribution in [2.45, 2.75) is 32.4 Å². The Morgan fingerprint density at radius 1 is 1.06 bits per heavy atom. The Balaban J connectivity index is 1.50. The molecule has 3 aromatic rings. The fourth-order valence-corrected chi connectivity index (χ4v) is 5.88. The van der Waals surface area contributed by atoms with Crippen molar-refractivity contribution in [1.29, 1.82) is 0 Å². The minimum absolute atomic E-state index is 0.0515. The molecule has 4 heterocycles. The van der Waals surface area contributed by atoms with E-state index in [9.17, 15) is 0 Å². The summed E-state index contributed by atoms with van der Waals surface area (Å²) in [5.74, 6) is 1.34. The zero-order chi connectivity index (χ0) is 22.2. The van der Waals surface area contributed by atoms with E-state index in [1.165, 1.54) is 6.42 Å². The molecule has 2 aliphatic rings. The molecule has 7 heteroatoms. The zero-order valence-electron chi connectivity index (χ0n) is 18.3. The summed E-state index contributed by atoms with van der Waals surface area (Å²) in [4.78, 5) is 12.5. The smallest absolute Gasteiger partial charge is 0.174 e. The van der Waals surface area contributed by atoms with Crippen molar-refractivity contribution in [3.63, 3.8) is 0 Å². The van der Waals surface area contributed by atoms with Gasteiger partial charge in [-0.25, -0.2) is 0 Å². The molecule has 2 fully saturated rings. The van der Waals surface area contributed by atoms with Crippen LogP contribution in [-0.4, -0.2) is 28.2 Å². The summed E-state index contributed by atoms with van der Waals surface area (Å²) in [5.41, 5.74) is 4.11. The van der Waals surface area contributed by atoms with Gasteiger partial charge in [-0.3, -0.25) is 4.98 Å². The summed E-state index contributed by atoms with van der Waals surface area (Å²) < 4.78 is 0. The van der Waals surface area contributed by atoms with Gasteiger partial charge in [0.15, 0.2) is 5.11 Å². The molecule has 0 unspecified atom stereocenters. The first-order valence-corrected chi connectivity index (χ1v) is 12.0. The molecule has 32 heavy (non-hydrogen) atoms. The number of thiocarbonyl (C=S) groups is 1. The fourth-order valence-electron chi connectivity index (χ4n) is 5.24. The van der Waals surface area contributed by atoms with E-state index in [4.69, 9.17) is 23.8 Å². The Morgan fingerprint density at radius 3 is 2.53 bits per heavy atom. The zero-order valence-corrected chi connectivity index (χ0v) is 19.9. The van der Waals surface area contributed by atoms with Gasteiger partial charge in [-0.2, -0.15) is 0 Å². The summed E-state index contributed by atoms with van der Waals surface area (Å²) in [7, 11) is 0. The number of piperidine rings is 1. The van der Waals surface area contributed by atoms with Crippen LogP contribution >= 0.6 is 23.8 Å². The summed E-state index contributed by atoms with van der Waals surface area (Å²) in [5, 5.41) is 4.92. The minimum Gasteiger partial charge on any atom is -0.370 e. The van der Waals surface area contributed by atoms with E-state index in [2.05, 4.69) is 57.1 Å². The SMILES string of the molecule is C[C@@H]1C[C@H](C)CN(c2ccc(N3C(=S)N[C@@H](c4ccccn4)[C@@H]3c3ccc[nH]3)cc2Cl)C1. The Hall–Kier alpha value is -2.57. The summed E-state index contributed by atoms with van der Waals surface area (Å²) in [6, 6.07) is 16.3. The number of aromatic amines is 1. The van der Waals surface area contributed by atoms with Crippen LogP contribution in [0.2, 0.25) is 5.02 Å². The molecule has 0 spiro atoms. The topological polar surface area (TPSA) is 47.2 Å². The van der Waals surface area contributed by atoms with Crippen LogP contribution in [0.3, 0.4) is 0 Å². The lowest BCUT2D eigenvalue weighted by molar-refractivity contribution is 0.357. The maximum atomic E-state index is 6.86. The molecule has 5 rings (SSSR count). The van der Waals surface area contributed by atoms with Crippen molar-refractivity contribution in [3.8, 4) is 0 Å². The first-order chi connectivity index (χ1) is 15.5. The van der Waals surface area contributed by atoms with E-state index in [1.54, 1.807) is 0 Å². The average molecular weight is 466 g/mol. The van der Waals surface area contributed by atoms with Crippen LogP contribution in [-0.2, 0) is 0 Å². The average Bonchev–Trinajstić information content (AvgIpc) is 3.41. The summed E-state index contributed by atoms with van der Waals surface area (Å²) in [6.07, 6.45) is 5.03. The minimum atomic E-state index is -0.0652. The summed E-state index contributed by atoms with van der Waals surface area (Å²) in [6.45, 7) is 6.72. The number of hydrogen-bond acceptors (Lipinski definition) is 3. The van der Waals surface area contributed by atoms with Crippen LogP contribution in [0.5, 0.6) is 0 Å². The van der Waals surface area contributed by atoms with E-state index in [1.807, 2.05) is 42.7 Å². The highest BCUT2D eigenvalue weighted by atomic mass is 35.5. The normalized spacial score (nSPS) is 25.8. The lowest BCUT2D eigenvalue weighted by atomic mass is 9.91. The molecule has 1 aromatic carbocycles. The van der Waals surface area contributed by atoms with Crippen LogP contribution in [0, 0.1) is 11.8 Å². The Bertz CT molecular complexity index is 1080. The molecule has 5 nitrogen and oxygen atoms in total. The quantitative estimate of drug-likeness (QED) is 0.482. The van der Waals surface area contributed by atoms with Crippen LogP contribution in [0.4, 0.5) is 11.4 Å². The van der Waals surface area contributed by atoms with Crippen molar-refractivity contribution in [2.75, 3.05) is 22.9 Å². The number of benzene rings is 1. The molecule has 2 saturated heterocycles. The van der Waals surface area contributed by atoms with Gasteiger partial charge in [0.25, 0.3) is 0 Å². The van der Waals surface area contributed by atoms with Gasteiger partial charge in [0.05, 0.1) is 22.4 Å². The standard InChI is InChI=1S/C25H28ClN5S/c1-16-12-17(2)15-30(14-16)22-9-8-18(13-19(22)26)31-24(21-7-5-11-28-21)23(29-25(31)32)20-6-3-4-10-27-20/h3-11,13,16-17,23-24,28H,12,14-15H2,1-2H3,(H,29,32)/t16-,17+,23-,24-/m0/s1. The van der Waals surface area contributed by atoms with Gasteiger partial charge in [0.1, 0.15) is 6.04 Å². The molecule has 0 saturated carbocycles. The highest BCUT2D eigenvalue weighted by Crippen LogP contribution is 2.43. The third-order valence-electron chi connectivity index (χ3n) is 6.46. The van der Waals surface area contributed by atoms with Crippen LogP contribution in [0.15, 0.2) is 60.9 Å². The molecule has 2 aromatic heterocycles. The van der Waals surface area contributed by atoms with Gasteiger partial charge in [0.2, 0.25) is 0 Å².